The Hall–Kier alpha value is -2.03. The monoisotopic (exact) mass is 430 g/mol. The third-order valence-electron chi connectivity index (χ3n) is 5.88. The van der Waals surface area contributed by atoms with Gasteiger partial charge >= 0.3 is 0 Å². The molecule has 2 atom stereocenters. The predicted molar refractivity (Wildman–Crippen MR) is 113 cm³/mol. The van der Waals surface area contributed by atoms with Crippen LogP contribution in [-0.4, -0.2) is 47.5 Å². The van der Waals surface area contributed by atoms with Gasteiger partial charge in [0.15, 0.2) is 4.75 Å². The lowest BCUT2D eigenvalue weighted by molar-refractivity contribution is -0.116. The third-order valence-corrected chi connectivity index (χ3v) is 9.66. The average molecular weight is 431 g/mol. The van der Waals surface area contributed by atoms with E-state index in [0.717, 1.165) is 22.8 Å². The van der Waals surface area contributed by atoms with Crippen LogP contribution >= 0.6 is 11.8 Å². The van der Waals surface area contributed by atoms with Crippen molar-refractivity contribution >= 4 is 33.4 Å². The standard InChI is InChI=1S/C21H22N2O4S2/c24-20(22-17-6-8-18(9-7-17)27-19-13-28-14-19)21-10-16(21)12-23(29(21,25)26)11-15-4-2-1-3-5-15/h1-9,16,19H,10-14H2,(H,22,24). The van der Waals surface area contributed by atoms with Crippen molar-refractivity contribution in [3.05, 3.63) is 60.2 Å². The minimum atomic E-state index is -3.70. The van der Waals surface area contributed by atoms with E-state index in [-0.39, 0.29) is 12.0 Å². The van der Waals surface area contributed by atoms with Crippen LogP contribution in [0.3, 0.4) is 0 Å². The van der Waals surface area contributed by atoms with E-state index in [2.05, 4.69) is 5.32 Å². The lowest BCUT2D eigenvalue weighted by Gasteiger charge is -2.26. The molecule has 2 saturated heterocycles. The van der Waals surface area contributed by atoms with E-state index >= 15 is 0 Å². The predicted octanol–water partition coefficient (Wildman–Crippen LogP) is 2.72. The molecule has 2 aliphatic heterocycles. The second kappa shape index (κ2) is 7.04. The number of nitrogens with zero attached hydrogens (tertiary/aromatic N) is 1. The summed E-state index contributed by atoms with van der Waals surface area (Å²) in [6, 6.07) is 16.6. The summed E-state index contributed by atoms with van der Waals surface area (Å²) >= 11 is 1.85. The molecule has 1 aliphatic carbocycles. The maximum atomic E-state index is 13.2. The van der Waals surface area contributed by atoms with Crippen molar-refractivity contribution in [3.63, 3.8) is 0 Å². The number of nitrogens with one attached hydrogen (secondary N) is 1. The highest BCUT2D eigenvalue weighted by Gasteiger charge is 2.75. The molecule has 0 bridgehead atoms. The number of fused-ring (bicyclic) bond motifs is 1. The summed E-state index contributed by atoms with van der Waals surface area (Å²) in [4.78, 5) is 13.0. The molecule has 6 nitrogen and oxygen atoms in total. The van der Waals surface area contributed by atoms with Gasteiger partial charge in [-0.2, -0.15) is 16.1 Å². The highest BCUT2D eigenvalue weighted by atomic mass is 32.2. The Morgan fingerprint density at radius 3 is 2.52 bits per heavy atom. The maximum Gasteiger partial charge on any atom is 0.247 e. The normalized spacial score (nSPS) is 27.7. The molecule has 1 amide bonds. The van der Waals surface area contributed by atoms with Crippen LogP contribution in [0.1, 0.15) is 12.0 Å². The molecule has 0 aromatic heterocycles. The Morgan fingerprint density at radius 2 is 1.86 bits per heavy atom. The van der Waals surface area contributed by atoms with Gasteiger partial charge in [-0.1, -0.05) is 30.3 Å². The number of rotatable bonds is 6. The second-order valence-electron chi connectivity index (χ2n) is 7.83. The zero-order valence-corrected chi connectivity index (χ0v) is 17.4. The van der Waals surface area contributed by atoms with Crippen LogP contribution in [0.25, 0.3) is 0 Å². The van der Waals surface area contributed by atoms with Crippen LogP contribution in [0.4, 0.5) is 5.69 Å². The highest BCUT2D eigenvalue weighted by Crippen LogP contribution is 2.58. The van der Waals surface area contributed by atoms with Gasteiger partial charge < -0.3 is 10.1 Å². The van der Waals surface area contributed by atoms with Crippen molar-refractivity contribution in [1.82, 2.24) is 4.31 Å². The van der Waals surface area contributed by atoms with Gasteiger partial charge in [0, 0.05) is 36.2 Å². The smallest absolute Gasteiger partial charge is 0.247 e. The number of anilines is 1. The van der Waals surface area contributed by atoms with Crippen LogP contribution in [0.15, 0.2) is 54.6 Å². The van der Waals surface area contributed by atoms with Crippen LogP contribution in [-0.2, 0) is 21.4 Å². The van der Waals surface area contributed by atoms with Crippen molar-refractivity contribution in [2.45, 2.75) is 23.8 Å². The molecule has 3 fully saturated rings. The molecular weight excluding hydrogens is 408 g/mol. The average Bonchev–Trinajstić information content (AvgIpc) is 3.37. The van der Waals surface area contributed by atoms with Gasteiger partial charge in [-0.05, 0) is 36.2 Å². The first-order valence-corrected chi connectivity index (χ1v) is 12.3. The Kier molecular flexibility index (Phi) is 4.60. The fourth-order valence-corrected chi connectivity index (χ4v) is 6.98. The SMILES string of the molecule is O=C(Nc1ccc(OC2CSC2)cc1)C12CC1CN(Cc1ccccc1)S2(=O)=O. The molecule has 152 valence electrons. The number of hydrogen-bond donors (Lipinski definition) is 1. The van der Waals surface area contributed by atoms with E-state index in [4.69, 9.17) is 4.74 Å². The van der Waals surface area contributed by atoms with E-state index < -0.39 is 20.7 Å². The van der Waals surface area contributed by atoms with Crippen molar-refractivity contribution in [2.24, 2.45) is 5.92 Å². The highest BCUT2D eigenvalue weighted by molar-refractivity contribution is 8.00. The Balaban J connectivity index is 1.27. The Labute approximate surface area is 174 Å². The molecule has 2 aromatic rings. The summed E-state index contributed by atoms with van der Waals surface area (Å²) in [6.45, 7) is 0.705. The number of sulfonamides is 1. The summed E-state index contributed by atoms with van der Waals surface area (Å²) in [5, 5.41) is 2.81. The zero-order valence-electron chi connectivity index (χ0n) is 15.8. The lowest BCUT2D eigenvalue weighted by atomic mass is 10.2. The number of ether oxygens (including phenoxy) is 1. The number of amides is 1. The fraction of sp³-hybridized carbons (Fsp3) is 0.381. The van der Waals surface area contributed by atoms with Gasteiger partial charge in [0.2, 0.25) is 15.9 Å². The van der Waals surface area contributed by atoms with Crippen LogP contribution in [0.2, 0.25) is 0 Å². The topological polar surface area (TPSA) is 75.7 Å². The molecule has 8 heteroatoms. The number of carbonyl (C=O) groups is 1. The van der Waals surface area contributed by atoms with E-state index in [0.29, 0.717) is 25.2 Å². The maximum absolute atomic E-state index is 13.2. The first kappa shape index (κ1) is 19.0. The van der Waals surface area contributed by atoms with E-state index in [1.165, 1.54) is 4.31 Å². The van der Waals surface area contributed by atoms with E-state index in [1.54, 1.807) is 12.1 Å². The third kappa shape index (κ3) is 3.23. The van der Waals surface area contributed by atoms with Crippen LogP contribution in [0.5, 0.6) is 5.75 Å². The molecule has 0 spiro atoms. The summed E-state index contributed by atoms with van der Waals surface area (Å²) < 4.78 is 32.2. The van der Waals surface area contributed by atoms with Gasteiger partial charge in [0.1, 0.15) is 11.9 Å². The lowest BCUT2D eigenvalue weighted by Crippen LogP contribution is -2.41. The number of carbonyl (C=O) groups excluding carboxylic acids is 1. The largest absolute Gasteiger partial charge is 0.489 e. The molecular formula is C21H22N2O4S2. The fourth-order valence-electron chi connectivity index (χ4n) is 4.07. The molecule has 2 heterocycles. The molecule has 2 unspecified atom stereocenters. The molecule has 1 saturated carbocycles. The summed E-state index contributed by atoms with van der Waals surface area (Å²) in [7, 11) is -3.70. The van der Waals surface area contributed by atoms with E-state index in [9.17, 15) is 13.2 Å². The van der Waals surface area contributed by atoms with Crippen molar-refractivity contribution < 1.29 is 17.9 Å². The molecule has 29 heavy (non-hydrogen) atoms. The number of thioether (sulfide) groups is 1. The van der Waals surface area contributed by atoms with Gasteiger partial charge in [-0.25, -0.2) is 8.42 Å². The summed E-state index contributed by atoms with van der Waals surface area (Å²) in [5.41, 5.74) is 1.51. The van der Waals surface area contributed by atoms with E-state index in [1.807, 2.05) is 54.2 Å². The van der Waals surface area contributed by atoms with Crippen molar-refractivity contribution in [2.75, 3.05) is 23.4 Å². The van der Waals surface area contributed by atoms with Crippen LogP contribution in [0, 0.1) is 5.92 Å². The second-order valence-corrected chi connectivity index (χ2v) is 11.1. The van der Waals surface area contributed by atoms with Crippen molar-refractivity contribution in [3.8, 4) is 5.75 Å². The number of benzene rings is 2. The molecule has 5 rings (SSSR count). The van der Waals surface area contributed by atoms with Crippen LogP contribution < -0.4 is 10.1 Å². The minimum Gasteiger partial charge on any atom is -0.489 e. The van der Waals surface area contributed by atoms with Gasteiger partial charge in [-0.3, -0.25) is 4.79 Å². The zero-order chi connectivity index (χ0) is 20.1. The summed E-state index contributed by atoms with van der Waals surface area (Å²) in [6.07, 6.45) is 0.651. The quantitative estimate of drug-likeness (QED) is 0.763. The van der Waals surface area contributed by atoms with Gasteiger partial charge in [0.25, 0.3) is 0 Å². The van der Waals surface area contributed by atoms with Gasteiger partial charge in [-0.15, -0.1) is 0 Å². The van der Waals surface area contributed by atoms with Gasteiger partial charge in [0.05, 0.1) is 0 Å². The molecule has 3 aliphatic rings. The van der Waals surface area contributed by atoms with Crippen molar-refractivity contribution in [1.29, 1.82) is 0 Å². The molecule has 0 radical (unpaired) electrons. The first-order valence-electron chi connectivity index (χ1n) is 9.68. The molecule has 2 aromatic carbocycles. The molecule has 1 N–H and O–H groups in total. The minimum absolute atomic E-state index is 0.144. The number of hydrogen-bond acceptors (Lipinski definition) is 5. The first-order chi connectivity index (χ1) is 14.0. The Bertz CT molecular complexity index is 1020. The Morgan fingerprint density at radius 1 is 1.14 bits per heavy atom. The summed E-state index contributed by atoms with van der Waals surface area (Å²) in [5.74, 6) is 2.19.